The first-order valence-corrected chi connectivity index (χ1v) is 8.93. The predicted octanol–water partition coefficient (Wildman–Crippen LogP) is 4.08. The van der Waals surface area contributed by atoms with Crippen LogP contribution in [0.5, 0.6) is 17.2 Å². The molecule has 1 saturated heterocycles. The molecule has 1 amide bonds. The van der Waals surface area contributed by atoms with Crippen LogP contribution in [0.3, 0.4) is 0 Å². The van der Waals surface area contributed by atoms with E-state index in [0.717, 1.165) is 42.2 Å². The molecule has 0 bridgehead atoms. The van der Waals surface area contributed by atoms with Crippen molar-refractivity contribution in [3.05, 3.63) is 53.6 Å². The van der Waals surface area contributed by atoms with Crippen molar-refractivity contribution in [3.63, 3.8) is 0 Å². The number of ether oxygens (including phenoxy) is 3. The van der Waals surface area contributed by atoms with Gasteiger partial charge in [0.1, 0.15) is 17.2 Å². The lowest BCUT2D eigenvalue weighted by Gasteiger charge is -2.27. The monoisotopic (exact) mass is 355 g/mol. The van der Waals surface area contributed by atoms with Crippen molar-refractivity contribution in [1.29, 1.82) is 0 Å². The van der Waals surface area contributed by atoms with Gasteiger partial charge in [-0.1, -0.05) is 0 Å². The predicted molar refractivity (Wildman–Crippen MR) is 100 cm³/mol. The summed E-state index contributed by atoms with van der Waals surface area (Å²) in [7, 11) is 3.29. The number of carbonyl (C=O) groups excluding carboxylic acids is 1. The number of amides is 1. The summed E-state index contributed by atoms with van der Waals surface area (Å²) >= 11 is 0. The second-order valence-electron chi connectivity index (χ2n) is 6.22. The van der Waals surface area contributed by atoms with Gasteiger partial charge in [-0.15, -0.1) is 0 Å². The molecule has 5 heteroatoms. The fourth-order valence-corrected chi connectivity index (χ4v) is 3.46. The molecule has 138 valence electrons. The van der Waals surface area contributed by atoms with Gasteiger partial charge in [-0.2, -0.15) is 0 Å². The second-order valence-corrected chi connectivity index (χ2v) is 6.22. The van der Waals surface area contributed by atoms with Crippen LogP contribution >= 0.6 is 0 Å². The molecular weight excluding hydrogens is 330 g/mol. The summed E-state index contributed by atoms with van der Waals surface area (Å²) in [5.74, 6) is 2.35. The summed E-state index contributed by atoms with van der Waals surface area (Å²) in [5, 5.41) is 0. The Labute approximate surface area is 154 Å². The quantitative estimate of drug-likeness (QED) is 0.783. The molecule has 0 unspecified atom stereocenters. The third-order valence-corrected chi connectivity index (χ3v) is 4.72. The number of benzene rings is 2. The van der Waals surface area contributed by atoms with Gasteiger partial charge in [0, 0.05) is 17.7 Å². The van der Waals surface area contributed by atoms with Gasteiger partial charge in [-0.05, 0) is 62.2 Å². The lowest BCUT2D eigenvalue weighted by molar-refractivity contribution is 0.0734. The molecule has 0 N–H and O–H groups in total. The molecule has 0 saturated carbocycles. The zero-order valence-corrected chi connectivity index (χ0v) is 15.5. The molecule has 26 heavy (non-hydrogen) atoms. The van der Waals surface area contributed by atoms with E-state index in [1.54, 1.807) is 14.2 Å². The summed E-state index contributed by atoms with van der Waals surface area (Å²) in [6.07, 6.45) is 1.88. The highest BCUT2D eigenvalue weighted by Crippen LogP contribution is 2.39. The highest BCUT2D eigenvalue weighted by Gasteiger charge is 2.32. The van der Waals surface area contributed by atoms with Gasteiger partial charge in [-0.25, -0.2) is 0 Å². The minimum atomic E-state index is -0.0147. The van der Waals surface area contributed by atoms with Crippen molar-refractivity contribution in [2.75, 3.05) is 27.4 Å². The molecule has 1 aliphatic rings. The lowest BCUT2D eigenvalue weighted by Crippen LogP contribution is -2.30. The van der Waals surface area contributed by atoms with Gasteiger partial charge >= 0.3 is 0 Å². The summed E-state index contributed by atoms with van der Waals surface area (Å²) in [6.45, 7) is 3.28. The Morgan fingerprint density at radius 1 is 1.08 bits per heavy atom. The number of methoxy groups -OCH3 is 2. The molecule has 2 aromatic carbocycles. The molecule has 5 nitrogen and oxygen atoms in total. The Morgan fingerprint density at radius 3 is 2.46 bits per heavy atom. The summed E-state index contributed by atoms with van der Waals surface area (Å²) in [4.78, 5) is 15.0. The van der Waals surface area contributed by atoms with E-state index in [-0.39, 0.29) is 11.9 Å². The standard InChI is InChI=1S/C21H25NO4/c1-4-26-16-9-7-15(8-10-16)21(23)22-13-5-6-19(22)18-14-17(24-2)11-12-20(18)25-3/h7-12,14,19H,4-6,13H2,1-3H3/t19-/m0/s1. The molecule has 0 aromatic heterocycles. The summed E-state index contributed by atoms with van der Waals surface area (Å²) < 4.78 is 16.3. The fraction of sp³-hybridized carbons (Fsp3) is 0.381. The van der Waals surface area contributed by atoms with Crippen molar-refractivity contribution in [1.82, 2.24) is 4.90 Å². The second kappa shape index (κ2) is 8.13. The average Bonchev–Trinajstić information content (AvgIpc) is 3.17. The zero-order valence-electron chi connectivity index (χ0n) is 15.5. The Hall–Kier alpha value is -2.69. The van der Waals surface area contributed by atoms with Crippen LogP contribution in [0, 0.1) is 0 Å². The van der Waals surface area contributed by atoms with Crippen molar-refractivity contribution in [2.24, 2.45) is 0 Å². The number of likely N-dealkylation sites (tertiary alicyclic amines) is 1. The number of carbonyl (C=O) groups is 1. The van der Waals surface area contributed by atoms with Gasteiger partial charge in [-0.3, -0.25) is 4.79 Å². The highest BCUT2D eigenvalue weighted by atomic mass is 16.5. The summed E-state index contributed by atoms with van der Waals surface area (Å²) in [6, 6.07) is 13.0. The first kappa shape index (κ1) is 18.1. The van der Waals surface area contributed by atoms with E-state index in [4.69, 9.17) is 14.2 Å². The number of hydrogen-bond donors (Lipinski definition) is 0. The molecule has 0 spiro atoms. The first-order valence-electron chi connectivity index (χ1n) is 8.93. The van der Waals surface area contributed by atoms with Crippen LogP contribution in [0.4, 0.5) is 0 Å². The SMILES string of the molecule is CCOc1ccc(C(=O)N2CCC[C@H]2c2cc(OC)ccc2OC)cc1. The van der Waals surface area contributed by atoms with E-state index in [9.17, 15) is 4.79 Å². The number of nitrogens with zero attached hydrogens (tertiary/aromatic N) is 1. The van der Waals surface area contributed by atoms with Crippen LogP contribution in [0.1, 0.15) is 41.7 Å². The average molecular weight is 355 g/mol. The summed E-state index contributed by atoms with van der Waals surface area (Å²) in [5.41, 5.74) is 1.66. The van der Waals surface area contributed by atoms with Crippen molar-refractivity contribution >= 4 is 5.91 Å². The molecule has 0 radical (unpaired) electrons. The third-order valence-electron chi connectivity index (χ3n) is 4.72. The third kappa shape index (κ3) is 3.62. The molecule has 1 aliphatic heterocycles. The van der Waals surface area contributed by atoms with E-state index in [1.165, 1.54) is 0 Å². The van der Waals surface area contributed by atoms with Crippen LogP contribution < -0.4 is 14.2 Å². The molecule has 1 atom stereocenters. The van der Waals surface area contributed by atoms with E-state index in [0.29, 0.717) is 12.2 Å². The number of rotatable bonds is 6. The van der Waals surface area contributed by atoms with E-state index >= 15 is 0 Å². The lowest BCUT2D eigenvalue weighted by atomic mass is 10.0. The number of hydrogen-bond acceptors (Lipinski definition) is 4. The highest BCUT2D eigenvalue weighted by molar-refractivity contribution is 5.94. The van der Waals surface area contributed by atoms with E-state index in [2.05, 4.69) is 0 Å². The molecule has 1 fully saturated rings. The molecule has 2 aromatic rings. The largest absolute Gasteiger partial charge is 0.497 e. The fourth-order valence-electron chi connectivity index (χ4n) is 3.46. The van der Waals surface area contributed by atoms with Crippen molar-refractivity contribution in [3.8, 4) is 17.2 Å². The van der Waals surface area contributed by atoms with E-state index in [1.807, 2.05) is 54.3 Å². The Bertz CT molecular complexity index is 757. The van der Waals surface area contributed by atoms with Crippen LogP contribution in [0.25, 0.3) is 0 Å². The normalized spacial score (nSPS) is 16.4. The van der Waals surface area contributed by atoms with Crippen molar-refractivity contribution in [2.45, 2.75) is 25.8 Å². The first-order chi connectivity index (χ1) is 12.7. The van der Waals surface area contributed by atoms with Crippen LogP contribution in [-0.4, -0.2) is 38.2 Å². The van der Waals surface area contributed by atoms with Gasteiger partial charge < -0.3 is 19.1 Å². The molecule has 3 rings (SSSR count). The Balaban J connectivity index is 1.87. The Morgan fingerprint density at radius 2 is 1.81 bits per heavy atom. The molecule has 0 aliphatic carbocycles. The smallest absolute Gasteiger partial charge is 0.254 e. The molecule has 1 heterocycles. The van der Waals surface area contributed by atoms with Gasteiger partial charge in [0.15, 0.2) is 0 Å². The van der Waals surface area contributed by atoms with Crippen molar-refractivity contribution < 1.29 is 19.0 Å². The maximum atomic E-state index is 13.1. The zero-order chi connectivity index (χ0) is 18.5. The van der Waals surface area contributed by atoms with E-state index < -0.39 is 0 Å². The van der Waals surface area contributed by atoms with Gasteiger partial charge in [0.25, 0.3) is 5.91 Å². The topological polar surface area (TPSA) is 48.0 Å². The van der Waals surface area contributed by atoms with Crippen LogP contribution in [0.2, 0.25) is 0 Å². The molecular formula is C21H25NO4. The van der Waals surface area contributed by atoms with Gasteiger partial charge in [0.2, 0.25) is 0 Å². The van der Waals surface area contributed by atoms with Crippen LogP contribution in [-0.2, 0) is 0 Å². The maximum Gasteiger partial charge on any atom is 0.254 e. The minimum absolute atomic E-state index is 0.0147. The Kier molecular flexibility index (Phi) is 5.66. The minimum Gasteiger partial charge on any atom is -0.497 e. The van der Waals surface area contributed by atoms with Gasteiger partial charge in [0.05, 0.1) is 26.9 Å². The maximum absolute atomic E-state index is 13.1. The van der Waals surface area contributed by atoms with Crippen LogP contribution in [0.15, 0.2) is 42.5 Å².